The number of amides is 1. The Balaban J connectivity index is 1.87. The van der Waals surface area contributed by atoms with Crippen LogP contribution in [0.1, 0.15) is 41.6 Å². The molecule has 1 heterocycles. The number of aryl methyl sites for hydroxylation is 3. The third-order valence-electron chi connectivity index (χ3n) is 3.68. The van der Waals surface area contributed by atoms with Crippen molar-refractivity contribution in [3.63, 3.8) is 0 Å². The van der Waals surface area contributed by atoms with E-state index in [1.54, 1.807) is 12.4 Å². The van der Waals surface area contributed by atoms with Crippen molar-refractivity contribution in [3.05, 3.63) is 65.0 Å². The summed E-state index contributed by atoms with van der Waals surface area (Å²) >= 11 is 0. The lowest BCUT2D eigenvalue weighted by atomic mass is 10.0. The second-order valence-electron chi connectivity index (χ2n) is 5.51. The molecule has 0 aliphatic heterocycles. The monoisotopic (exact) mass is 282 g/mol. The van der Waals surface area contributed by atoms with E-state index in [-0.39, 0.29) is 11.9 Å². The summed E-state index contributed by atoms with van der Waals surface area (Å²) < 4.78 is 0. The van der Waals surface area contributed by atoms with Crippen molar-refractivity contribution in [2.75, 3.05) is 0 Å². The van der Waals surface area contributed by atoms with E-state index in [1.165, 1.54) is 16.7 Å². The Bertz CT molecular complexity index is 608. The normalized spacial score (nSPS) is 12.0. The average Bonchev–Trinajstić information content (AvgIpc) is 2.47. The fourth-order valence-corrected chi connectivity index (χ4v) is 2.40. The second kappa shape index (κ2) is 7.02. The van der Waals surface area contributed by atoms with Gasteiger partial charge in [0.25, 0.3) is 0 Å². The maximum Gasteiger partial charge on any atom is 0.220 e. The number of hydrogen-bond acceptors (Lipinski definition) is 2. The molecule has 3 heteroatoms. The number of carbonyl (C=O) groups excluding carboxylic acids is 1. The van der Waals surface area contributed by atoms with Crippen LogP contribution in [0.15, 0.2) is 42.7 Å². The third kappa shape index (κ3) is 4.42. The molecule has 110 valence electrons. The number of carbonyl (C=O) groups is 1. The fourth-order valence-electron chi connectivity index (χ4n) is 2.40. The van der Waals surface area contributed by atoms with Gasteiger partial charge in [-0.3, -0.25) is 9.78 Å². The van der Waals surface area contributed by atoms with E-state index in [9.17, 15) is 4.79 Å². The Kier molecular flexibility index (Phi) is 5.09. The van der Waals surface area contributed by atoms with Gasteiger partial charge < -0.3 is 5.32 Å². The van der Waals surface area contributed by atoms with Crippen LogP contribution in [0.2, 0.25) is 0 Å². The van der Waals surface area contributed by atoms with Crippen molar-refractivity contribution in [1.29, 1.82) is 0 Å². The van der Waals surface area contributed by atoms with Crippen molar-refractivity contribution in [3.8, 4) is 0 Å². The van der Waals surface area contributed by atoms with Crippen LogP contribution in [0.3, 0.4) is 0 Å². The lowest BCUT2D eigenvalue weighted by molar-refractivity contribution is -0.121. The smallest absolute Gasteiger partial charge is 0.220 e. The summed E-state index contributed by atoms with van der Waals surface area (Å²) in [6.07, 6.45) is 4.81. The topological polar surface area (TPSA) is 42.0 Å². The van der Waals surface area contributed by atoms with E-state index in [0.29, 0.717) is 6.42 Å². The highest BCUT2D eigenvalue weighted by atomic mass is 16.1. The number of rotatable bonds is 5. The van der Waals surface area contributed by atoms with Gasteiger partial charge in [-0.25, -0.2) is 0 Å². The first-order valence-electron chi connectivity index (χ1n) is 7.31. The predicted octanol–water partition coefficient (Wildman–Crippen LogP) is 3.51. The lowest BCUT2D eigenvalue weighted by Crippen LogP contribution is -2.26. The number of benzene rings is 1. The summed E-state index contributed by atoms with van der Waals surface area (Å²) in [5.74, 6) is 0.0753. The Morgan fingerprint density at radius 2 is 2.10 bits per heavy atom. The predicted molar refractivity (Wildman–Crippen MR) is 85.0 cm³/mol. The molecule has 21 heavy (non-hydrogen) atoms. The molecule has 1 amide bonds. The maximum atomic E-state index is 12.0. The molecule has 0 spiro atoms. The zero-order valence-electron chi connectivity index (χ0n) is 12.9. The minimum atomic E-state index is -0.00897. The Labute approximate surface area is 126 Å². The van der Waals surface area contributed by atoms with Gasteiger partial charge in [-0.2, -0.15) is 0 Å². The van der Waals surface area contributed by atoms with Gasteiger partial charge in [0, 0.05) is 18.8 Å². The quantitative estimate of drug-likeness (QED) is 0.912. The molecule has 0 bridgehead atoms. The van der Waals surface area contributed by atoms with Gasteiger partial charge in [0.1, 0.15) is 0 Å². The third-order valence-corrected chi connectivity index (χ3v) is 3.68. The van der Waals surface area contributed by atoms with E-state index in [2.05, 4.69) is 42.3 Å². The molecule has 0 saturated carbocycles. The molecule has 0 unspecified atom stereocenters. The van der Waals surface area contributed by atoms with Crippen LogP contribution in [-0.4, -0.2) is 10.9 Å². The van der Waals surface area contributed by atoms with Crippen molar-refractivity contribution >= 4 is 5.91 Å². The summed E-state index contributed by atoms with van der Waals surface area (Å²) in [5.41, 5.74) is 4.77. The zero-order valence-corrected chi connectivity index (χ0v) is 12.9. The summed E-state index contributed by atoms with van der Waals surface area (Å²) in [6.45, 7) is 6.16. The Morgan fingerprint density at radius 1 is 1.29 bits per heavy atom. The second-order valence-corrected chi connectivity index (χ2v) is 5.51. The highest BCUT2D eigenvalue weighted by Gasteiger charge is 2.10. The molecule has 2 rings (SSSR count). The Hall–Kier alpha value is -2.16. The minimum Gasteiger partial charge on any atom is -0.350 e. The first kappa shape index (κ1) is 15.2. The molecule has 0 saturated heterocycles. The van der Waals surface area contributed by atoms with Crippen LogP contribution in [0.4, 0.5) is 0 Å². The molecule has 1 aromatic heterocycles. The van der Waals surface area contributed by atoms with Gasteiger partial charge in [0.2, 0.25) is 5.91 Å². The fraction of sp³-hybridized carbons (Fsp3) is 0.333. The van der Waals surface area contributed by atoms with Gasteiger partial charge in [-0.15, -0.1) is 0 Å². The van der Waals surface area contributed by atoms with E-state index in [0.717, 1.165) is 12.0 Å². The van der Waals surface area contributed by atoms with Crippen molar-refractivity contribution in [2.45, 2.75) is 39.7 Å². The SMILES string of the molecule is Cc1ccc(CCC(=O)N[C@H](C)c2cccnc2)c(C)c1. The molecule has 0 aliphatic carbocycles. The van der Waals surface area contributed by atoms with Crippen LogP contribution >= 0.6 is 0 Å². The number of nitrogens with zero attached hydrogens (tertiary/aromatic N) is 1. The lowest BCUT2D eigenvalue weighted by Gasteiger charge is -2.14. The number of hydrogen-bond donors (Lipinski definition) is 1. The molecule has 2 aromatic rings. The Morgan fingerprint density at radius 3 is 2.76 bits per heavy atom. The van der Waals surface area contributed by atoms with Crippen LogP contribution in [0, 0.1) is 13.8 Å². The minimum absolute atomic E-state index is 0.00897. The molecule has 1 atom stereocenters. The number of aromatic nitrogens is 1. The van der Waals surface area contributed by atoms with E-state index >= 15 is 0 Å². The summed E-state index contributed by atoms with van der Waals surface area (Å²) in [5, 5.41) is 3.02. The first-order chi connectivity index (χ1) is 10.1. The first-order valence-corrected chi connectivity index (χ1v) is 7.31. The van der Waals surface area contributed by atoms with Gasteiger partial charge in [0.05, 0.1) is 6.04 Å². The van der Waals surface area contributed by atoms with E-state index in [4.69, 9.17) is 0 Å². The van der Waals surface area contributed by atoms with Crippen LogP contribution < -0.4 is 5.32 Å². The highest BCUT2D eigenvalue weighted by molar-refractivity contribution is 5.76. The molecule has 0 radical (unpaired) electrons. The van der Waals surface area contributed by atoms with Crippen LogP contribution in [0.5, 0.6) is 0 Å². The van der Waals surface area contributed by atoms with Gasteiger partial charge in [0.15, 0.2) is 0 Å². The van der Waals surface area contributed by atoms with Crippen LogP contribution in [-0.2, 0) is 11.2 Å². The highest BCUT2D eigenvalue weighted by Crippen LogP contribution is 2.14. The van der Waals surface area contributed by atoms with E-state index < -0.39 is 0 Å². The average molecular weight is 282 g/mol. The molecule has 1 N–H and O–H groups in total. The van der Waals surface area contributed by atoms with Crippen molar-refractivity contribution in [2.24, 2.45) is 0 Å². The van der Waals surface area contributed by atoms with Gasteiger partial charge in [-0.1, -0.05) is 29.8 Å². The summed E-state index contributed by atoms with van der Waals surface area (Å²) in [6, 6.07) is 10.2. The molecule has 1 aromatic carbocycles. The molecule has 0 fully saturated rings. The standard InChI is InChI=1S/C18H22N2O/c1-13-6-7-16(14(2)11-13)8-9-18(21)20-15(3)17-5-4-10-19-12-17/h4-7,10-12,15H,8-9H2,1-3H3,(H,20,21)/t15-/m1/s1. The number of nitrogens with one attached hydrogen (secondary N) is 1. The zero-order chi connectivity index (χ0) is 15.2. The molecule has 0 aliphatic rings. The number of pyridine rings is 1. The van der Waals surface area contributed by atoms with Crippen molar-refractivity contribution < 1.29 is 4.79 Å². The van der Waals surface area contributed by atoms with E-state index in [1.807, 2.05) is 19.1 Å². The molecule has 3 nitrogen and oxygen atoms in total. The summed E-state index contributed by atoms with van der Waals surface area (Å²) in [4.78, 5) is 16.1. The molecular formula is C18H22N2O. The maximum absolute atomic E-state index is 12.0. The van der Waals surface area contributed by atoms with Crippen molar-refractivity contribution in [1.82, 2.24) is 10.3 Å². The molecular weight excluding hydrogens is 260 g/mol. The van der Waals surface area contributed by atoms with Gasteiger partial charge in [-0.05, 0) is 49.9 Å². The van der Waals surface area contributed by atoms with Crippen LogP contribution in [0.25, 0.3) is 0 Å². The van der Waals surface area contributed by atoms with Gasteiger partial charge >= 0.3 is 0 Å². The summed E-state index contributed by atoms with van der Waals surface area (Å²) in [7, 11) is 0. The largest absolute Gasteiger partial charge is 0.350 e.